The molecule has 16 heteroatoms. The van der Waals surface area contributed by atoms with Gasteiger partial charge in [-0.25, -0.2) is 9.59 Å². The van der Waals surface area contributed by atoms with Crippen LogP contribution in [0.15, 0.2) is 170 Å². The molecular formula is C62H72N6O10. The summed E-state index contributed by atoms with van der Waals surface area (Å²) in [5, 5.41) is 33.5. The quantitative estimate of drug-likeness (QED) is 0.0303. The molecule has 0 aromatic heterocycles. The molecule has 2 aliphatic carbocycles. The molecule has 6 aromatic rings. The lowest BCUT2D eigenvalue weighted by Gasteiger charge is -2.28. The Labute approximate surface area is 457 Å². The summed E-state index contributed by atoms with van der Waals surface area (Å²) in [6.07, 6.45) is 6.01. The van der Waals surface area contributed by atoms with Crippen molar-refractivity contribution in [2.24, 2.45) is 34.5 Å². The van der Waals surface area contributed by atoms with Crippen LogP contribution in [0.4, 0.5) is 32.3 Å². The van der Waals surface area contributed by atoms with Crippen LogP contribution < -0.4 is 21.3 Å². The molecule has 16 nitrogen and oxygen atoms in total. The molecule has 0 bridgehead atoms. The Bertz CT molecular complexity index is 2700. The molecule has 6 aromatic carbocycles. The molecule has 0 heterocycles. The fourth-order valence-electron chi connectivity index (χ4n) is 10.0. The van der Waals surface area contributed by atoms with E-state index < -0.39 is 22.0 Å². The topological polar surface area (TPSA) is 221 Å². The fraction of sp³-hybridized carbons (Fsp3) is 0.355. The monoisotopic (exact) mass is 1060 g/mol. The molecule has 4 N–H and O–H groups in total. The third-order valence-electron chi connectivity index (χ3n) is 14.9. The van der Waals surface area contributed by atoms with Crippen molar-refractivity contribution in [1.82, 2.24) is 10.6 Å². The van der Waals surface area contributed by atoms with E-state index in [1.807, 2.05) is 135 Å². The van der Waals surface area contributed by atoms with E-state index in [0.29, 0.717) is 11.4 Å². The summed E-state index contributed by atoms with van der Waals surface area (Å²) in [5.41, 5.74) is 3.93. The van der Waals surface area contributed by atoms with E-state index in [2.05, 4.69) is 49.0 Å². The van der Waals surface area contributed by atoms with Crippen LogP contribution in [0.5, 0.6) is 0 Å². The van der Waals surface area contributed by atoms with Gasteiger partial charge in [-0.15, -0.1) is 0 Å². The van der Waals surface area contributed by atoms with Crippen molar-refractivity contribution < 1.29 is 38.5 Å². The van der Waals surface area contributed by atoms with E-state index in [9.17, 15) is 39.4 Å². The van der Waals surface area contributed by atoms with Gasteiger partial charge in [0, 0.05) is 47.5 Å². The zero-order chi connectivity index (χ0) is 56.2. The van der Waals surface area contributed by atoms with Crippen molar-refractivity contribution in [2.75, 3.05) is 10.6 Å². The van der Waals surface area contributed by atoms with Crippen LogP contribution in [0.1, 0.15) is 114 Å². The van der Waals surface area contributed by atoms with Gasteiger partial charge in [-0.1, -0.05) is 189 Å². The molecule has 4 amide bonds. The number of non-ortho nitro benzene ring substituents is 2. The Morgan fingerprint density at radius 2 is 0.821 bits per heavy atom. The van der Waals surface area contributed by atoms with E-state index in [1.54, 1.807) is 0 Å². The zero-order valence-electron chi connectivity index (χ0n) is 45.3. The largest absolute Gasteiger partial charge is 0.445 e. The normalized spacial score (nSPS) is 19.2. The Morgan fingerprint density at radius 3 is 1.12 bits per heavy atom. The minimum atomic E-state index is -0.512. The lowest BCUT2D eigenvalue weighted by Crippen LogP contribution is -2.36. The fourth-order valence-corrected chi connectivity index (χ4v) is 10.0. The number of hydrogen-bond acceptors (Lipinski definition) is 10. The van der Waals surface area contributed by atoms with Gasteiger partial charge in [0.1, 0.15) is 13.2 Å². The van der Waals surface area contributed by atoms with Crippen molar-refractivity contribution >= 4 is 46.8 Å². The smallest absolute Gasteiger partial charge is 0.407 e. The lowest BCUT2D eigenvalue weighted by molar-refractivity contribution is -0.385. The molecule has 0 saturated heterocycles. The number of anilines is 2. The maximum atomic E-state index is 13.0. The molecule has 0 aliphatic heterocycles. The number of ether oxygens (including phenoxy) is 2. The number of unbranched alkanes of at least 4 members (excludes halogenated alkanes) is 3. The van der Waals surface area contributed by atoms with Crippen molar-refractivity contribution in [3.63, 3.8) is 0 Å². The van der Waals surface area contributed by atoms with Crippen molar-refractivity contribution in [2.45, 2.75) is 105 Å². The maximum absolute atomic E-state index is 13.0. The average molecular weight is 1060 g/mol. The highest BCUT2D eigenvalue weighted by Crippen LogP contribution is 2.64. The third-order valence-corrected chi connectivity index (χ3v) is 14.9. The highest BCUT2D eigenvalue weighted by molar-refractivity contribution is 5.93. The van der Waals surface area contributed by atoms with E-state index in [1.165, 1.54) is 74.2 Å². The predicted molar refractivity (Wildman–Crippen MR) is 302 cm³/mol. The standard InChI is InChI=1S/2C28H29N3O5.C6H14/c2*1-19(26(32)29-22-13-15-23(16-14-22)31(34)35)24-17-28(24,2)25(21-11-7-4-8-12-21)30-27(33)36-18-20-9-5-3-6-10-20;1-3-5-6-4-2/h2*3-16,19,24-25H,17-18H2,1-2H3,(H,29,32)(H,30,33);3-6H2,1-2H3/t2*19-,24+,25+,28-;/m11./s1. The number of nitro benzene ring substituents is 2. The molecule has 8 rings (SSSR count). The average Bonchev–Trinajstić information content (AvgIpc) is 4.38. The summed E-state index contributed by atoms with van der Waals surface area (Å²) in [5.74, 6) is -0.963. The molecule has 2 aliphatic rings. The van der Waals surface area contributed by atoms with Crippen LogP contribution in [0.3, 0.4) is 0 Å². The SMILES string of the molecule is CCCCCC.C[C@@H](C(=O)Nc1ccc([N+](=O)[O-])cc1)[C@@H]1C[C@@]1(C)[C@@H](NC(=O)OCc1ccccc1)c1ccccc1.C[C@@H](C(=O)Nc1ccc([N+](=O)[O-])cc1)[C@@H]1C[C@@]1(C)[C@@H](NC(=O)OCc1ccccc1)c1ccccc1. The van der Waals surface area contributed by atoms with Gasteiger partial charge < -0.3 is 30.7 Å². The first kappa shape index (κ1) is 58.9. The first-order chi connectivity index (χ1) is 37.5. The van der Waals surface area contributed by atoms with E-state index >= 15 is 0 Å². The maximum Gasteiger partial charge on any atom is 0.407 e. The molecule has 2 saturated carbocycles. The van der Waals surface area contributed by atoms with Crippen molar-refractivity contribution in [1.29, 1.82) is 0 Å². The number of carbonyl (C=O) groups excluding carboxylic acids is 4. The van der Waals surface area contributed by atoms with Crippen LogP contribution >= 0.6 is 0 Å². The molecule has 78 heavy (non-hydrogen) atoms. The second-order valence-corrected chi connectivity index (χ2v) is 20.6. The zero-order valence-corrected chi connectivity index (χ0v) is 45.3. The number of benzene rings is 6. The number of carbonyl (C=O) groups is 4. The molecule has 0 unspecified atom stereocenters. The Morgan fingerprint density at radius 1 is 0.513 bits per heavy atom. The van der Waals surface area contributed by atoms with Crippen LogP contribution in [0.2, 0.25) is 0 Å². The molecular weight excluding hydrogens is 989 g/mol. The molecule has 8 atom stereocenters. The predicted octanol–water partition coefficient (Wildman–Crippen LogP) is 14.3. The lowest BCUT2D eigenvalue weighted by atomic mass is 9.86. The van der Waals surface area contributed by atoms with Gasteiger partial charge in [0.2, 0.25) is 11.8 Å². The number of amides is 4. The van der Waals surface area contributed by atoms with Gasteiger partial charge in [0.25, 0.3) is 11.4 Å². The number of hydrogen-bond donors (Lipinski definition) is 4. The van der Waals surface area contributed by atoms with Gasteiger partial charge in [0.05, 0.1) is 21.9 Å². The van der Waals surface area contributed by atoms with Crippen molar-refractivity contribution in [3.8, 4) is 0 Å². The minimum Gasteiger partial charge on any atom is -0.445 e. The second kappa shape index (κ2) is 28.1. The van der Waals surface area contributed by atoms with Gasteiger partial charge in [0.15, 0.2) is 0 Å². The number of nitro groups is 2. The van der Waals surface area contributed by atoms with Crippen LogP contribution in [0.25, 0.3) is 0 Å². The summed E-state index contributed by atoms with van der Waals surface area (Å²) < 4.78 is 10.9. The first-order valence-corrected chi connectivity index (χ1v) is 26.6. The highest BCUT2D eigenvalue weighted by atomic mass is 16.6. The van der Waals surface area contributed by atoms with E-state index in [4.69, 9.17) is 9.47 Å². The number of nitrogens with zero attached hydrogens (tertiary/aromatic N) is 2. The van der Waals surface area contributed by atoms with Gasteiger partial charge in [-0.3, -0.25) is 29.8 Å². The summed E-state index contributed by atoms with van der Waals surface area (Å²) >= 11 is 0. The van der Waals surface area contributed by atoms with Crippen molar-refractivity contribution in [3.05, 3.63) is 212 Å². The number of alkyl carbamates (subject to hydrolysis) is 2. The highest BCUT2D eigenvalue weighted by Gasteiger charge is 2.60. The molecule has 410 valence electrons. The minimum absolute atomic E-state index is 0.0233. The number of rotatable bonds is 21. The Hall–Kier alpha value is -8.40. The Balaban J connectivity index is 0.000000228. The molecule has 2 fully saturated rings. The summed E-state index contributed by atoms with van der Waals surface area (Å²) in [6, 6.07) is 49.2. The van der Waals surface area contributed by atoms with Gasteiger partial charge in [-0.2, -0.15) is 0 Å². The van der Waals surface area contributed by atoms with Crippen LogP contribution in [-0.4, -0.2) is 33.8 Å². The van der Waals surface area contributed by atoms with Crippen LogP contribution in [-0.2, 0) is 32.3 Å². The van der Waals surface area contributed by atoms with Crippen LogP contribution in [0, 0.1) is 54.7 Å². The second-order valence-electron chi connectivity index (χ2n) is 20.6. The van der Waals surface area contributed by atoms with E-state index in [0.717, 1.165) is 35.1 Å². The summed E-state index contributed by atoms with van der Waals surface area (Å²) in [6.45, 7) is 12.7. The van der Waals surface area contributed by atoms with Gasteiger partial charge in [-0.05, 0) is 82.0 Å². The Kier molecular flexibility index (Phi) is 21.2. The summed E-state index contributed by atoms with van der Waals surface area (Å²) in [4.78, 5) is 72.2. The third kappa shape index (κ3) is 16.6. The van der Waals surface area contributed by atoms with E-state index in [-0.39, 0.29) is 83.0 Å². The summed E-state index contributed by atoms with van der Waals surface area (Å²) in [7, 11) is 0. The first-order valence-electron chi connectivity index (χ1n) is 26.6. The van der Waals surface area contributed by atoms with Gasteiger partial charge >= 0.3 is 12.2 Å². The molecule has 0 spiro atoms. The number of nitrogens with one attached hydrogen (secondary N) is 4. The molecule has 0 radical (unpaired) electrons.